The maximum Gasteiger partial charge on any atom is 0.307 e. The molecule has 7 heteroatoms. The lowest BCUT2D eigenvalue weighted by Crippen LogP contribution is -2.36. The molecule has 1 amide bonds. The van der Waals surface area contributed by atoms with E-state index in [2.05, 4.69) is 47.8 Å². The second kappa shape index (κ2) is 9.53. The Balaban J connectivity index is 1.29. The number of amides is 1. The largest absolute Gasteiger partial charge is 0.481 e. The zero-order chi connectivity index (χ0) is 22.8. The molecule has 4 aromatic rings. The minimum Gasteiger partial charge on any atom is -0.481 e. The van der Waals surface area contributed by atoms with Crippen LogP contribution in [0.25, 0.3) is 21.0 Å². The van der Waals surface area contributed by atoms with E-state index in [4.69, 9.17) is 4.98 Å². The molecule has 0 spiro atoms. The quantitative estimate of drug-likeness (QED) is 0.308. The number of anilines is 1. The average Bonchev–Trinajstić information content (AvgIpc) is 3.25. The molecule has 168 valence electrons. The second-order valence-corrected chi connectivity index (χ2v) is 10.7. The molecule has 2 N–H and O–H groups in total. The van der Waals surface area contributed by atoms with Crippen molar-refractivity contribution in [1.29, 1.82) is 0 Å². The smallest absolute Gasteiger partial charge is 0.307 e. The van der Waals surface area contributed by atoms with Crippen molar-refractivity contribution in [2.75, 3.05) is 5.32 Å². The van der Waals surface area contributed by atoms with Gasteiger partial charge < -0.3 is 10.4 Å². The predicted octanol–water partition coefficient (Wildman–Crippen LogP) is 6.57. The average molecular weight is 477 g/mol. The van der Waals surface area contributed by atoms with Crippen molar-refractivity contribution in [2.24, 2.45) is 11.8 Å². The number of hydrogen-bond donors (Lipinski definition) is 2. The van der Waals surface area contributed by atoms with Crippen LogP contribution in [-0.2, 0) is 15.3 Å². The monoisotopic (exact) mass is 476 g/mol. The zero-order valence-electron chi connectivity index (χ0n) is 18.0. The van der Waals surface area contributed by atoms with Crippen molar-refractivity contribution in [1.82, 2.24) is 4.98 Å². The minimum absolute atomic E-state index is 0.198. The number of aromatic nitrogens is 1. The van der Waals surface area contributed by atoms with Crippen molar-refractivity contribution in [2.45, 2.75) is 35.8 Å². The summed E-state index contributed by atoms with van der Waals surface area (Å²) in [6, 6.07) is 20.5. The van der Waals surface area contributed by atoms with Crippen molar-refractivity contribution in [3.63, 3.8) is 0 Å². The number of nitrogens with zero attached hydrogens (tertiary/aromatic N) is 1. The maximum absolute atomic E-state index is 12.8. The molecule has 1 heterocycles. The first-order valence-corrected chi connectivity index (χ1v) is 12.9. The van der Waals surface area contributed by atoms with Gasteiger partial charge in [-0.2, -0.15) is 0 Å². The number of hydrogen-bond acceptors (Lipinski definition) is 5. The van der Waals surface area contributed by atoms with Crippen LogP contribution in [0.2, 0.25) is 0 Å². The van der Waals surface area contributed by atoms with Gasteiger partial charge in [-0.1, -0.05) is 67.1 Å². The Kier molecular flexibility index (Phi) is 6.33. The van der Waals surface area contributed by atoms with Crippen molar-refractivity contribution >= 4 is 61.7 Å². The molecule has 2 atom stereocenters. The van der Waals surface area contributed by atoms with Crippen molar-refractivity contribution in [3.8, 4) is 0 Å². The molecular weight excluding hydrogens is 452 g/mol. The van der Waals surface area contributed by atoms with E-state index in [0.717, 1.165) is 33.2 Å². The zero-order valence-corrected chi connectivity index (χ0v) is 19.6. The predicted molar refractivity (Wildman–Crippen MR) is 135 cm³/mol. The molecule has 0 bridgehead atoms. The number of carboxylic acids is 1. The van der Waals surface area contributed by atoms with Gasteiger partial charge in [-0.05, 0) is 47.4 Å². The molecule has 1 fully saturated rings. The molecule has 3 aromatic carbocycles. The van der Waals surface area contributed by atoms with Gasteiger partial charge in [0.05, 0.1) is 22.1 Å². The van der Waals surface area contributed by atoms with E-state index in [1.807, 2.05) is 18.2 Å². The summed E-state index contributed by atoms with van der Waals surface area (Å²) in [5.41, 5.74) is 2.88. The minimum atomic E-state index is -0.874. The van der Waals surface area contributed by atoms with Gasteiger partial charge in [-0.15, -0.1) is 11.3 Å². The normalized spacial score (nSPS) is 18.4. The summed E-state index contributed by atoms with van der Waals surface area (Å²) in [5, 5.41) is 14.9. The van der Waals surface area contributed by atoms with E-state index in [9.17, 15) is 14.7 Å². The number of fused-ring (bicyclic) bond motifs is 2. The summed E-state index contributed by atoms with van der Waals surface area (Å²) < 4.78 is 1.99. The molecule has 1 saturated carbocycles. The Labute approximate surface area is 200 Å². The lowest BCUT2D eigenvalue weighted by molar-refractivity contribution is -0.147. The first-order chi connectivity index (χ1) is 16.1. The Bertz CT molecular complexity index is 1330. The van der Waals surface area contributed by atoms with E-state index in [1.54, 1.807) is 23.1 Å². The Hall–Kier alpha value is -2.90. The topological polar surface area (TPSA) is 79.3 Å². The molecule has 1 aromatic heterocycles. The maximum atomic E-state index is 12.8. The first-order valence-electron chi connectivity index (χ1n) is 11.1. The number of carbonyl (C=O) groups excluding carboxylic acids is 1. The summed E-state index contributed by atoms with van der Waals surface area (Å²) in [7, 11) is 0. The van der Waals surface area contributed by atoms with Gasteiger partial charge >= 0.3 is 5.97 Å². The van der Waals surface area contributed by atoms with Crippen LogP contribution >= 0.6 is 23.1 Å². The standard InChI is InChI=1S/C26H24N2O3S2/c29-24(20-10-3-4-11-21(20)25(30)31)27-18-12-13-22-23(14-18)33-26(28-22)32-15-17-8-5-7-16-6-1-2-9-19(16)17/h1-2,5-9,12-14,20-21H,3-4,10-11,15H2,(H,27,29)(H,30,31)/t20-,21+/m0/s1. The molecule has 33 heavy (non-hydrogen) atoms. The van der Waals surface area contributed by atoms with Gasteiger partial charge in [0.25, 0.3) is 0 Å². The lowest BCUT2D eigenvalue weighted by Gasteiger charge is -2.27. The number of benzene rings is 3. The number of thiazole rings is 1. The molecule has 0 radical (unpaired) electrons. The Morgan fingerprint density at radius 1 is 1.03 bits per heavy atom. The highest BCUT2D eigenvalue weighted by atomic mass is 32.2. The molecule has 5 rings (SSSR count). The highest BCUT2D eigenvalue weighted by molar-refractivity contribution is 8.00. The second-order valence-electron chi connectivity index (χ2n) is 8.41. The van der Waals surface area contributed by atoms with Gasteiger partial charge in [0.1, 0.15) is 0 Å². The fraction of sp³-hybridized carbons (Fsp3) is 0.269. The third-order valence-corrected chi connectivity index (χ3v) is 8.50. The van der Waals surface area contributed by atoms with E-state index >= 15 is 0 Å². The number of thioether (sulfide) groups is 1. The molecule has 0 saturated heterocycles. The third-order valence-electron chi connectivity index (χ3n) is 6.29. The SMILES string of the molecule is O=C(Nc1ccc2nc(SCc3cccc4ccccc34)sc2c1)[C@H]1CCCC[C@H]1C(=O)O. The van der Waals surface area contributed by atoms with Crippen LogP contribution in [0.1, 0.15) is 31.2 Å². The van der Waals surface area contributed by atoms with Gasteiger partial charge in [0.2, 0.25) is 5.91 Å². The van der Waals surface area contributed by atoms with Gasteiger partial charge in [0.15, 0.2) is 4.34 Å². The van der Waals surface area contributed by atoms with Crippen LogP contribution in [0.4, 0.5) is 5.69 Å². The van der Waals surface area contributed by atoms with Crippen LogP contribution in [0.5, 0.6) is 0 Å². The van der Waals surface area contributed by atoms with Crippen LogP contribution in [0, 0.1) is 11.8 Å². The number of nitrogens with one attached hydrogen (secondary N) is 1. The molecule has 0 unspecified atom stereocenters. The van der Waals surface area contributed by atoms with Gasteiger partial charge in [0, 0.05) is 11.4 Å². The van der Waals surface area contributed by atoms with Crippen LogP contribution < -0.4 is 5.32 Å². The number of aliphatic carboxylic acids is 1. The lowest BCUT2D eigenvalue weighted by atomic mass is 9.78. The van der Waals surface area contributed by atoms with Gasteiger partial charge in [-0.3, -0.25) is 9.59 Å². The fourth-order valence-electron chi connectivity index (χ4n) is 4.58. The van der Waals surface area contributed by atoms with Crippen molar-refractivity contribution in [3.05, 3.63) is 66.2 Å². The van der Waals surface area contributed by atoms with Crippen LogP contribution in [-0.4, -0.2) is 22.0 Å². The highest BCUT2D eigenvalue weighted by Gasteiger charge is 2.35. The first kappa shape index (κ1) is 21.9. The number of rotatable bonds is 6. The fourth-order valence-corrected chi connectivity index (χ4v) is 6.69. The van der Waals surface area contributed by atoms with Gasteiger partial charge in [-0.25, -0.2) is 4.98 Å². The van der Waals surface area contributed by atoms with Crippen molar-refractivity contribution < 1.29 is 14.7 Å². The summed E-state index contributed by atoms with van der Waals surface area (Å²) in [6.45, 7) is 0. The van der Waals surface area contributed by atoms with E-state index in [0.29, 0.717) is 18.5 Å². The molecule has 5 nitrogen and oxygen atoms in total. The Morgan fingerprint density at radius 3 is 2.67 bits per heavy atom. The summed E-state index contributed by atoms with van der Waals surface area (Å²) in [5.74, 6) is -1.30. The van der Waals surface area contributed by atoms with E-state index in [1.165, 1.54) is 16.3 Å². The highest BCUT2D eigenvalue weighted by Crippen LogP contribution is 2.35. The van der Waals surface area contributed by atoms with Crippen LogP contribution in [0.3, 0.4) is 0 Å². The van der Waals surface area contributed by atoms with E-state index < -0.39 is 17.8 Å². The van der Waals surface area contributed by atoms with E-state index in [-0.39, 0.29) is 5.91 Å². The number of carbonyl (C=O) groups is 2. The Morgan fingerprint density at radius 2 is 1.82 bits per heavy atom. The molecule has 1 aliphatic carbocycles. The summed E-state index contributed by atoms with van der Waals surface area (Å²) >= 11 is 3.33. The number of carboxylic acid groups (broad SMARTS) is 1. The summed E-state index contributed by atoms with van der Waals surface area (Å²) in [6.07, 6.45) is 2.96. The molecular formula is C26H24N2O3S2. The van der Waals surface area contributed by atoms with Crippen LogP contribution in [0.15, 0.2) is 65.0 Å². The molecule has 1 aliphatic rings. The summed E-state index contributed by atoms with van der Waals surface area (Å²) in [4.78, 5) is 29.1. The third kappa shape index (κ3) is 4.75. The molecule has 0 aliphatic heterocycles.